The Hall–Kier alpha value is -1.42. The van der Waals surface area contributed by atoms with Crippen molar-refractivity contribution in [2.24, 2.45) is 0 Å². The Balaban J connectivity index is 2.12. The Morgan fingerprint density at radius 3 is 2.59 bits per heavy atom. The van der Waals surface area contributed by atoms with E-state index < -0.39 is 17.7 Å². The Bertz CT molecular complexity index is 409. The number of aliphatic hydroxyl groups is 1. The number of rotatable bonds is 3. The number of allylic oxidation sites excluding steroid dienone is 1. The standard InChI is InChI=1S/C13H14F2O2/c14-10-4-3-5-11(15)9(10)8-12(16)13-6-1-2-7-17-13/h3-6,12,16H,1-2,7-8H2. The summed E-state index contributed by atoms with van der Waals surface area (Å²) < 4.78 is 32.0. The quantitative estimate of drug-likeness (QED) is 0.879. The molecular formula is C13H14F2O2. The molecule has 0 saturated carbocycles. The first-order valence-electron chi connectivity index (χ1n) is 5.62. The lowest BCUT2D eigenvalue weighted by atomic mass is 10.0. The summed E-state index contributed by atoms with van der Waals surface area (Å²) in [6.45, 7) is 0.544. The fourth-order valence-electron chi connectivity index (χ4n) is 1.83. The molecule has 0 fully saturated rings. The summed E-state index contributed by atoms with van der Waals surface area (Å²) in [6, 6.07) is 3.67. The fourth-order valence-corrected chi connectivity index (χ4v) is 1.83. The van der Waals surface area contributed by atoms with Crippen LogP contribution in [-0.4, -0.2) is 17.8 Å². The van der Waals surface area contributed by atoms with Crippen LogP contribution in [0.4, 0.5) is 8.78 Å². The van der Waals surface area contributed by atoms with Crippen LogP contribution in [0.1, 0.15) is 18.4 Å². The summed E-state index contributed by atoms with van der Waals surface area (Å²) in [5.41, 5.74) is -0.102. The maximum Gasteiger partial charge on any atom is 0.129 e. The summed E-state index contributed by atoms with van der Waals surface area (Å²) in [5, 5.41) is 9.85. The second kappa shape index (κ2) is 5.27. The van der Waals surface area contributed by atoms with Crippen LogP contribution in [0.15, 0.2) is 30.0 Å². The van der Waals surface area contributed by atoms with E-state index in [4.69, 9.17) is 4.74 Å². The molecular weight excluding hydrogens is 226 g/mol. The molecule has 0 aromatic heterocycles. The number of benzene rings is 1. The Labute approximate surface area is 98.5 Å². The van der Waals surface area contributed by atoms with Crippen molar-refractivity contribution in [3.63, 3.8) is 0 Å². The van der Waals surface area contributed by atoms with Crippen LogP contribution < -0.4 is 0 Å². The molecule has 92 valence electrons. The van der Waals surface area contributed by atoms with Crippen molar-refractivity contribution in [2.75, 3.05) is 6.61 Å². The molecule has 0 radical (unpaired) electrons. The molecule has 1 unspecified atom stereocenters. The summed E-state index contributed by atoms with van der Waals surface area (Å²) in [5.74, 6) is -0.861. The molecule has 0 bridgehead atoms. The largest absolute Gasteiger partial charge is 0.495 e. The van der Waals surface area contributed by atoms with E-state index in [1.807, 2.05) is 0 Å². The molecule has 2 nitrogen and oxygen atoms in total. The molecule has 1 aromatic rings. The van der Waals surface area contributed by atoms with E-state index in [-0.39, 0.29) is 12.0 Å². The molecule has 1 aliphatic rings. The predicted molar refractivity (Wildman–Crippen MR) is 59.3 cm³/mol. The van der Waals surface area contributed by atoms with Gasteiger partial charge in [-0.1, -0.05) is 6.07 Å². The van der Waals surface area contributed by atoms with E-state index in [0.717, 1.165) is 12.8 Å². The molecule has 1 heterocycles. The predicted octanol–water partition coefficient (Wildman–Crippen LogP) is 2.56. The third-order valence-electron chi connectivity index (χ3n) is 2.75. The molecule has 1 aromatic carbocycles. The minimum absolute atomic E-state index is 0.102. The van der Waals surface area contributed by atoms with Crippen LogP contribution in [0.2, 0.25) is 0 Å². The molecule has 0 amide bonds. The highest BCUT2D eigenvalue weighted by Gasteiger charge is 2.19. The molecule has 2 rings (SSSR count). The lowest BCUT2D eigenvalue weighted by Gasteiger charge is -2.20. The maximum atomic E-state index is 13.4. The van der Waals surface area contributed by atoms with E-state index in [2.05, 4.69) is 0 Å². The number of halogens is 2. The topological polar surface area (TPSA) is 29.5 Å². The highest BCUT2D eigenvalue weighted by Crippen LogP contribution is 2.20. The Morgan fingerprint density at radius 1 is 1.29 bits per heavy atom. The van der Waals surface area contributed by atoms with Gasteiger partial charge in [0.15, 0.2) is 0 Å². The minimum Gasteiger partial charge on any atom is -0.495 e. The lowest BCUT2D eigenvalue weighted by molar-refractivity contribution is 0.0907. The van der Waals surface area contributed by atoms with Gasteiger partial charge in [-0.2, -0.15) is 0 Å². The third kappa shape index (κ3) is 2.82. The monoisotopic (exact) mass is 240 g/mol. The SMILES string of the molecule is OC(Cc1c(F)cccc1F)C1=CCCCO1. The van der Waals surface area contributed by atoms with Crippen molar-refractivity contribution >= 4 is 0 Å². The van der Waals surface area contributed by atoms with Gasteiger partial charge in [-0.05, 0) is 31.1 Å². The second-order valence-corrected chi connectivity index (χ2v) is 4.02. The van der Waals surface area contributed by atoms with Crippen LogP contribution in [0.5, 0.6) is 0 Å². The summed E-state index contributed by atoms with van der Waals surface area (Å²) in [4.78, 5) is 0. The normalized spacial score (nSPS) is 17.2. The van der Waals surface area contributed by atoms with Gasteiger partial charge < -0.3 is 9.84 Å². The van der Waals surface area contributed by atoms with Crippen molar-refractivity contribution in [3.05, 3.63) is 47.2 Å². The molecule has 0 aliphatic carbocycles. The second-order valence-electron chi connectivity index (χ2n) is 4.02. The van der Waals surface area contributed by atoms with Crippen molar-refractivity contribution in [2.45, 2.75) is 25.4 Å². The van der Waals surface area contributed by atoms with Gasteiger partial charge in [-0.25, -0.2) is 8.78 Å². The van der Waals surface area contributed by atoms with Crippen molar-refractivity contribution in [1.29, 1.82) is 0 Å². The molecule has 17 heavy (non-hydrogen) atoms. The van der Waals surface area contributed by atoms with Crippen LogP contribution >= 0.6 is 0 Å². The summed E-state index contributed by atoms with van der Waals surface area (Å²) in [7, 11) is 0. The molecule has 0 spiro atoms. The van der Waals surface area contributed by atoms with Gasteiger partial charge in [0.05, 0.1) is 6.61 Å². The van der Waals surface area contributed by atoms with Gasteiger partial charge in [0, 0.05) is 12.0 Å². The average molecular weight is 240 g/mol. The fraction of sp³-hybridized carbons (Fsp3) is 0.385. The van der Waals surface area contributed by atoms with Crippen LogP contribution in [-0.2, 0) is 11.2 Å². The van der Waals surface area contributed by atoms with Crippen LogP contribution in [0.3, 0.4) is 0 Å². The molecule has 4 heteroatoms. The number of hydrogen-bond acceptors (Lipinski definition) is 2. The van der Waals surface area contributed by atoms with Crippen molar-refractivity contribution in [1.82, 2.24) is 0 Å². The Kier molecular flexibility index (Phi) is 3.74. The van der Waals surface area contributed by atoms with Crippen LogP contribution in [0.25, 0.3) is 0 Å². The first kappa shape index (κ1) is 12.0. The van der Waals surface area contributed by atoms with Gasteiger partial charge in [0.2, 0.25) is 0 Å². The first-order valence-corrected chi connectivity index (χ1v) is 5.62. The van der Waals surface area contributed by atoms with Gasteiger partial charge in [0.25, 0.3) is 0 Å². The zero-order valence-electron chi connectivity index (χ0n) is 9.33. The van der Waals surface area contributed by atoms with Gasteiger partial charge >= 0.3 is 0 Å². The highest BCUT2D eigenvalue weighted by molar-refractivity contribution is 5.22. The van der Waals surface area contributed by atoms with Gasteiger partial charge in [-0.3, -0.25) is 0 Å². The average Bonchev–Trinajstić information content (AvgIpc) is 2.35. The van der Waals surface area contributed by atoms with E-state index in [1.54, 1.807) is 6.08 Å². The lowest BCUT2D eigenvalue weighted by Crippen LogP contribution is -2.20. The molecule has 1 atom stereocenters. The highest BCUT2D eigenvalue weighted by atomic mass is 19.1. The van der Waals surface area contributed by atoms with Crippen molar-refractivity contribution in [3.8, 4) is 0 Å². The number of hydrogen-bond donors (Lipinski definition) is 1. The minimum atomic E-state index is -0.985. The number of aliphatic hydroxyl groups excluding tert-OH is 1. The van der Waals surface area contributed by atoms with E-state index in [1.165, 1.54) is 18.2 Å². The van der Waals surface area contributed by atoms with Crippen LogP contribution in [0, 0.1) is 11.6 Å². The van der Waals surface area contributed by atoms with E-state index >= 15 is 0 Å². The van der Waals surface area contributed by atoms with E-state index in [0.29, 0.717) is 12.4 Å². The third-order valence-corrected chi connectivity index (χ3v) is 2.75. The molecule has 1 N–H and O–H groups in total. The first-order chi connectivity index (χ1) is 8.18. The van der Waals surface area contributed by atoms with Crippen molar-refractivity contribution < 1.29 is 18.6 Å². The van der Waals surface area contributed by atoms with E-state index in [9.17, 15) is 13.9 Å². The molecule has 0 saturated heterocycles. The summed E-state index contributed by atoms with van der Waals surface area (Å²) >= 11 is 0. The Morgan fingerprint density at radius 2 is 2.00 bits per heavy atom. The smallest absolute Gasteiger partial charge is 0.129 e. The zero-order valence-corrected chi connectivity index (χ0v) is 9.33. The maximum absolute atomic E-state index is 13.4. The number of ether oxygens (including phenoxy) is 1. The summed E-state index contributed by atoms with van der Waals surface area (Å²) in [6.07, 6.45) is 2.41. The van der Waals surface area contributed by atoms with Gasteiger partial charge in [-0.15, -0.1) is 0 Å². The zero-order chi connectivity index (χ0) is 12.3. The molecule has 1 aliphatic heterocycles. The van der Waals surface area contributed by atoms with Gasteiger partial charge in [0.1, 0.15) is 23.5 Å².